The molecule has 0 aromatic carbocycles. The number of amides is 1. The molecule has 0 rings (SSSR count). The standard InChI is InChI=1S/C14H30N2O5/c1-14(2,3)13(18)16-12(17)4-6-19-8-10-21-11-9-20-7-5-15/h13,18H,4-11,15H2,1-3H3,(H,16,17). The maximum absolute atomic E-state index is 11.5. The van der Waals surface area contributed by atoms with Crippen LogP contribution in [-0.2, 0) is 19.0 Å². The number of ether oxygens (including phenoxy) is 3. The average Bonchev–Trinajstić information content (AvgIpc) is 2.39. The van der Waals surface area contributed by atoms with E-state index in [9.17, 15) is 9.90 Å². The van der Waals surface area contributed by atoms with Gasteiger partial charge in [0.05, 0.1) is 46.1 Å². The number of aliphatic hydroxyl groups is 1. The molecule has 0 spiro atoms. The normalized spacial score (nSPS) is 13.2. The molecule has 0 heterocycles. The number of nitrogens with one attached hydrogen (secondary N) is 1. The van der Waals surface area contributed by atoms with Crippen molar-refractivity contribution in [2.75, 3.05) is 46.2 Å². The van der Waals surface area contributed by atoms with Gasteiger partial charge in [-0.25, -0.2) is 0 Å². The smallest absolute Gasteiger partial charge is 0.224 e. The minimum absolute atomic E-state index is 0.215. The van der Waals surface area contributed by atoms with Crippen molar-refractivity contribution in [3.63, 3.8) is 0 Å². The molecule has 0 aliphatic heterocycles. The summed E-state index contributed by atoms with van der Waals surface area (Å²) in [6.45, 7) is 8.80. The molecule has 0 radical (unpaired) electrons. The van der Waals surface area contributed by atoms with Crippen molar-refractivity contribution in [2.45, 2.75) is 33.4 Å². The van der Waals surface area contributed by atoms with E-state index in [1.165, 1.54) is 0 Å². The highest BCUT2D eigenvalue weighted by atomic mass is 16.5. The Morgan fingerprint density at radius 1 is 1.05 bits per heavy atom. The Morgan fingerprint density at radius 3 is 2.00 bits per heavy atom. The second kappa shape index (κ2) is 11.9. The van der Waals surface area contributed by atoms with Gasteiger partial charge in [-0.15, -0.1) is 0 Å². The zero-order valence-electron chi connectivity index (χ0n) is 13.4. The van der Waals surface area contributed by atoms with Gasteiger partial charge < -0.3 is 30.4 Å². The van der Waals surface area contributed by atoms with Crippen molar-refractivity contribution in [3.8, 4) is 0 Å². The van der Waals surface area contributed by atoms with E-state index in [0.29, 0.717) is 46.2 Å². The Morgan fingerprint density at radius 2 is 1.52 bits per heavy atom. The zero-order chi connectivity index (χ0) is 16.1. The van der Waals surface area contributed by atoms with Gasteiger partial charge in [0.15, 0.2) is 0 Å². The third kappa shape index (κ3) is 12.7. The van der Waals surface area contributed by atoms with Crippen LogP contribution < -0.4 is 11.1 Å². The van der Waals surface area contributed by atoms with E-state index in [4.69, 9.17) is 19.9 Å². The van der Waals surface area contributed by atoms with E-state index in [0.717, 1.165) is 0 Å². The molecule has 0 aromatic heterocycles. The summed E-state index contributed by atoms with van der Waals surface area (Å²) in [6.07, 6.45) is -0.644. The van der Waals surface area contributed by atoms with Crippen molar-refractivity contribution >= 4 is 5.91 Å². The molecule has 1 amide bonds. The molecule has 7 heteroatoms. The third-order valence-corrected chi connectivity index (χ3v) is 2.60. The summed E-state index contributed by atoms with van der Waals surface area (Å²) < 4.78 is 15.7. The van der Waals surface area contributed by atoms with Crippen molar-refractivity contribution in [1.29, 1.82) is 0 Å². The molecule has 7 nitrogen and oxygen atoms in total. The van der Waals surface area contributed by atoms with Crippen LogP contribution in [0.5, 0.6) is 0 Å². The van der Waals surface area contributed by atoms with Crippen molar-refractivity contribution in [2.24, 2.45) is 11.1 Å². The molecular formula is C14H30N2O5. The summed E-state index contributed by atoms with van der Waals surface area (Å²) in [7, 11) is 0. The SMILES string of the molecule is CC(C)(C)C(O)NC(=O)CCOCCOCCOCCN. The fourth-order valence-corrected chi connectivity index (χ4v) is 1.23. The van der Waals surface area contributed by atoms with Crippen LogP contribution in [0.1, 0.15) is 27.2 Å². The molecule has 1 atom stereocenters. The van der Waals surface area contributed by atoms with Gasteiger partial charge in [-0.1, -0.05) is 20.8 Å². The van der Waals surface area contributed by atoms with Crippen LogP contribution in [0.15, 0.2) is 0 Å². The molecule has 0 aliphatic rings. The second-order valence-electron chi connectivity index (χ2n) is 5.71. The topological polar surface area (TPSA) is 103 Å². The zero-order valence-corrected chi connectivity index (χ0v) is 13.4. The van der Waals surface area contributed by atoms with Crippen molar-refractivity contribution < 1.29 is 24.1 Å². The predicted octanol–water partition coefficient (Wildman–Crippen LogP) is -0.134. The lowest BCUT2D eigenvalue weighted by Crippen LogP contribution is -2.43. The molecule has 0 saturated carbocycles. The molecule has 0 saturated heterocycles. The average molecular weight is 306 g/mol. The molecular weight excluding hydrogens is 276 g/mol. The number of aliphatic hydroxyl groups excluding tert-OH is 1. The first-order chi connectivity index (χ1) is 9.88. The summed E-state index contributed by atoms with van der Waals surface area (Å²) in [5.74, 6) is -0.228. The van der Waals surface area contributed by atoms with E-state index >= 15 is 0 Å². The Balaban J connectivity index is 3.37. The molecule has 1 unspecified atom stereocenters. The summed E-state index contributed by atoms with van der Waals surface area (Å²) >= 11 is 0. The maximum Gasteiger partial charge on any atom is 0.224 e. The van der Waals surface area contributed by atoms with Crippen LogP contribution in [0.4, 0.5) is 0 Å². The quantitative estimate of drug-likeness (QED) is 0.343. The van der Waals surface area contributed by atoms with Crippen molar-refractivity contribution in [1.82, 2.24) is 5.32 Å². The first-order valence-corrected chi connectivity index (χ1v) is 7.28. The van der Waals surface area contributed by atoms with Crippen molar-refractivity contribution in [3.05, 3.63) is 0 Å². The van der Waals surface area contributed by atoms with Crippen LogP contribution in [0.2, 0.25) is 0 Å². The summed E-state index contributed by atoms with van der Waals surface area (Å²) in [5.41, 5.74) is 4.89. The van der Waals surface area contributed by atoms with Gasteiger partial charge in [-0.3, -0.25) is 4.79 Å². The molecule has 0 fully saturated rings. The van der Waals surface area contributed by atoms with E-state index in [-0.39, 0.29) is 17.7 Å². The Hall–Kier alpha value is -0.730. The fourth-order valence-electron chi connectivity index (χ4n) is 1.23. The predicted molar refractivity (Wildman–Crippen MR) is 79.7 cm³/mol. The summed E-state index contributed by atoms with van der Waals surface area (Å²) in [5, 5.41) is 12.2. The molecule has 21 heavy (non-hydrogen) atoms. The van der Waals surface area contributed by atoms with Gasteiger partial charge in [0, 0.05) is 12.0 Å². The maximum atomic E-state index is 11.5. The van der Waals surface area contributed by atoms with Crippen LogP contribution in [0.3, 0.4) is 0 Å². The van der Waals surface area contributed by atoms with Crippen LogP contribution >= 0.6 is 0 Å². The molecule has 4 N–H and O–H groups in total. The lowest BCUT2D eigenvalue weighted by atomic mass is 9.94. The molecule has 126 valence electrons. The van der Waals surface area contributed by atoms with Crippen LogP contribution in [-0.4, -0.2) is 63.4 Å². The first-order valence-electron chi connectivity index (χ1n) is 7.28. The lowest BCUT2D eigenvalue weighted by molar-refractivity contribution is -0.127. The second-order valence-corrected chi connectivity index (χ2v) is 5.71. The van der Waals surface area contributed by atoms with Gasteiger partial charge in [0.1, 0.15) is 6.23 Å². The molecule has 0 aliphatic carbocycles. The van der Waals surface area contributed by atoms with Gasteiger partial charge in [-0.05, 0) is 0 Å². The summed E-state index contributed by atoms with van der Waals surface area (Å²) in [4.78, 5) is 11.5. The number of carbonyl (C=O) groups excluding carboxylic acids is 1. The Kier molecular flexibility index (Phi) is 11.5. The summed E-state index contributed by atoms with van der Waals surface area (Å²) in [6, 6.07) is 0. The van der Waals surface area contributed by atoms with Gasteiger partial charge in [-0.2, -0.15) is 0 Å². The highest BCUT2D eigenvalue weighted by Crippen LogP contribution is 2.16. The highest BCUT2D eigenvalue weighted by molar-refractivity contribution is 5.76. The number of rotatable bonds is 12. The van der Waals surface area contributed by atoms with Gasteiger partial charge >= 0.3 is 0 Å². The van der Waals surface area contributed by atoms with Crippen LogP contribution in [0.25, 0.3) is 0 Å². The number of hydrogen-bond donors (Lipinski definition) is 3. The first kappa shape index (κ1) is 20.3. The minimum atomic E-state index is -0.859. The number of hydrogen-bond acceptors (Lipinski definition) is 6. The van der Waals surface area contributed by atoms with E-state index < -0.39 is 6.23 Å². The Labute approximate surface area is 127 Å². The Bertz CT molecular complexity index is 269. The largest absolute Gasteiger partial charge is 0.379 e. The minimum Gasteiger partial charge on any atom is -0.379 e. The fraction of sp³-hybridized carbons (Fsp3) is 0.929. The number of nitrogens with two attached hydrogens (primary N) is 1. The van der Waals surface area contributed by atoms with E-state index in [2.05, 4.69) is 5.32 Å². The van der Waals surface area contributed by atoms with Crippen LogP contribution in [0, 0.1) is 5.41 Å². The molecule has 0 bridgehead atoms. The van der Waals surface area contributed by atoms with Gasteiger partial charge in [0.25, 0.3) is 0 Å². The van der Waals surface area contributed by atoms with E-state index in [1.54, 1.807) is 0 Å². The monoisotopic (exact) mass is 306 g/mol. The van der Waals surface area contributed by atoms with Gasteiger partial charge in [0.2, 0.25) is 5.91 Å². The van der Waals surface area contributed by atoms with E-state index in [1.807, 2.05) is 20.8 Å². The molecule has 0 aromatic rings. The number of carbonyl (C=O) groups is 1. The highest BCUT2D eigenvalue weighted by Gasteiger charge is 2.23. The third-order valence-electron chi connectivity index (χ3n) is 2.60. The lowest BCUT2D eigenvalue weighted by Gasteiger charge is -2.26.